The van der Waals surface area contributed by atoms with E-state index in [0.717, 1.165) is 27.5 Å². The molecular formula is C21H24BN3O3. The minimum absolute atomic E-state index is 0.157. The first-order chi connectivity index (χ1) is 13.6. The van der Waals surface area contributed by atoms with Gasteiger partial charge in [0.15, 0.2) is 0 Å². The summed E-state index contributed by atoms with van der Waals surface area (Å²) in [7, 11) is 0.439. The first kappa shape index (κ1) is 19.9. The van der Waals surface area contributed by atoms with Crippen LogP contribution in [0.1, 0.15) is 6.92 Å². The number of hydrogen-bond acceptors (Lipinski definition) is 5. The first-order valence-electron chi connectivity index (χ1n) is 9.21. The lowest BCUT2D eigenvalue weighted by Gasteiger charge is -2.17. The van der Waals surface area contributed by atoms with Crippen molar-refractivity contribution in [3.63, 3.8) is 0 Å². The molecule has 0 spiro atoms. The normalized spacial score (nSPS) is 16.0. The summed E-state index contributed by atoms with van der Waals surface area (Å²) in [4.78, 5) is 16.9. The average molecular weight is 377 g/mol. The SMILES string of the molecule is C=CC1=C(/C=C(\C)C(CN)C(=O)Nc2ccc3cnccc3c2)OCCOB1. The minimum atomic E-state index is -0.473. The zero-order valence-electron chi connectivity index (χ0n) is 16.0. The number of anilines is 1. The Balaban J connectivity index is 1.79. The number of hydrogen-bond donors (Lipinski definition) is 2. The number of carbonyl (C=O) groups is 1. The number of allylic oxidation sites excluding steroid dienone is 3. The number of ether oxygens (including phenoxy) is 1. The molecule has 7 heteroatoms. The molecule has 1 amide bonds. The van der Waals surface area contributed by atoms with Crippen LogP contribution in [0.15, 0.2) is 72.2 Å². The smallest absolute Gasteiger partial charge is 0.312 e. The Hall–Kier alpha value is -2.90. The van der Waals surface area contributed by atoms with Gasteiger partial charge in [-0.25, -0.2) is 0 Å². The second kappa shape index (κ2) is 9.35. The number of nitrogens with one attached hydrogen (secondary N) is 1. The second-order valence-electron chi connectivity index (χ2n) is 6.60. The van der Waals surface area contributed by atoms with Crippen molar-refractivity contribution in [2.24, 2.45) is 11.7 Å². The van der Waals surface area contributed by atoms with Gasteiger partial charge in [0.1, 0.15) is 12.4 Å². The van der Waals surface area contributed by atoms with Crippen LogP contribution < -0.4 is 11.1 Å². The van der Waals surface area contributed by atoms with Crippen LogP contribution in [-0.4, -0.2) is 38.1 Å². The molecule has 1 aliphatic rings. The van der Waals surface area contributed by atoms with E-state index in [9.17, 15) is 4.79 Å². The molecular weight excluding hydrogens is 353 g/mol. The van der Waals surface area contributed by atoms with E-state index in [0.29, 0.717) is 26.5 Å². The van der Waals surface area contributed by atoms with Crippen molar-refractivity contribution >= 4 is 29.8 Å². The Morgan fingerprint density at radius 3 is 3.04 bits per heavy atom. The molecule has 0 aliphatic carbocycles. The average Bonchev–Trinajstić information content (AvgIpc) is 2.93. The molecule has 0 saturated heterocycles. The molecule has 1 aromatic carbocycles. The van der Waals surface area contributed by atoms with Crippen molar-refractivity contribution < 1.29 is 14.2 Å². The summed E-state index contributed by atoms with van der Waals surface area (Å²) in [5.41, 5.74) is 8.31. The number of nitrogens with two attached hydrogens (primary N) is 1. The van der Waals surface area contributed by atoms with Gasteiger partial charge in [0, 0.05) is 30.0 Å². The Morgan fingerprint density at radius 1 is 1.39 bits per heavy atom. The lowest BCUT2D eigenvalue weighted by atomic mass is 9.85. The maximum atomic E-state index is 12.8. The summed E-state index contributed by atoms with van der Waals surface area (Å²) in [6.07, 6.45) is 7.09. The zero-order chi connectivity index (χ0) is 19.9. The fourth-order valence-electron chi connectivity index (χ4n) is 3.05. The Labute approximate surface area is 165 Å². The van der Waals surface area contributed by atoms with Crippen LogP contribution in [0.4, 0.5) is 5.69 Å². The number of carbonyl (C=O) groups excluding carboxylic acids is 1. The number of nitrogens with zero attached hydrogens (tertiary/aromatic N) is 1. The monoisotopic (exact) mass is 377 g/mol. The lowest BCUT2D eigenvalue weighted by Crippen LogP contribution is -2.30. The van der Waals surface area contributed by atoms with Gasteiger partial charge in [0.25, 0.3) is 0 Å². The maximum absolute atomic E-state index is 12.8. The summed E-state index contributed by atoms with van der Waals surface area (Å²) in [5.74, 6) is 0.0456. The van der Waals surface area contributed by atoms with Gasteiger partial charge in [-0.05, 0) is 42.1 Å². The fraction of sp³-hybridized carbons (Fsp3) is 0.238. The molecule has 3 N–H and O–H groups in total. The second-order valence-corrected chi connectivity index (χ2v) is 6.60. The third kappa shape index (κ3) is 4.68. The molecule has 2 heterocycles. The summed E-state index contributed by atoms with van der Waals surface area (Å²) < 4.78 is 11.2. The predicted octanol–water partition coefficient (Wildman–Crippen LogP) is 2.49. The van der Waals surface area contributed by atoms with E-state index in [1.54, 1.807) is 18.5 Å². The van der Waals surface area contributed by atoms with Crippen molar-refractivity contribution in [1.29, 1.82) is 0 Å². The lowest BCUT2D eigenvalue weighted by molar-refractivity contribution is -0.118. The van der Waals surface area contributed by atoms with E-state index in [4.69, 9.17) is 15.1 Å². The molecule has 1 aliphatic heterocycles. The molecule has 6 nitrogen and oxygen atoms in total. The number of aromatic nitrogens is 1. The highest BCUT2D eigenvalue weighted by Crippen LogP contribution is 2.21. The molecule has 1 atom stereocenters. The summed E-state index contributed by atoms with van der Waals surface area (Å²) in [6, 6.07) is 7.62. The van der Waals surface area contributed by atoms with Gasteiger partial charge in [-0.2, -0.15) is 0 Å². The Bertz CT molecular complexity index is 939. The molecule has 0 bridgehead atoms. The highest BCUT2D eigenvalue weighted by Gasteiger charge is 2.20. The highest BCUT2D eigenvalue weighted by molar-refractivity contribution is 6.39. The van der Waals surface area contributed by atoms with Crippen LogP contribution >= 0.6 is 0 Å². The highest BCUT2D eigenvalue weighted by atomic mass is 16.5. The third-order valence-corrected chi connectivity index (χ3v) is 4.67. The first-order valence-corrected chi connectivity index (χ1v) is 9.21. The van der Waals surface area contributed by atoms with Gasteiger partial charge >= 0.3 is 7.48 Å². The van der Waals surface area contributed by atoms with Gasteiger partial charge in [-0.15, -0.1) is 0 Å². The van der Waals surface area contributed by atoms with Crippen LogP contribution in [0.3, 0.4) is 0 Å². The molecule has 3 rings (SSSR count). The molecule has 1 aromatic heterocycles. The molecule has 0 radical (unpaired) electrons. The molecule has 0 fully saturated rings. The van der Waals surface area contributed by atoms with E-state index in [1.807, 2.05) is 37.3 Å². The van der Waals surface area contributed by atoms with Gasteiger partial charge in [-0.1, -0.05) is 24.3 Å². The van der Waals surface area contributed by atoms with Crippen LogP contribution in [0.25, 0.3) is 10.8 Å². The summed E-state index contributed by atoms with van der Waals surface area (Å²) >= 11 is 0. The Kier molecular flexibility index (Phi) is 6.63. The van der Waals surface area contributed by atoms with Gasteiger partial charge < -0.3 is 20.4 Å². The number of pyridine rings is 1. The minimum Gasteiger partial charge on any atom is -0.492 e. The van der Waals surface area contributed by atoms with Gasteiger partial charge in [0.2, 0.25) is 5.91 Å². The van der Waals surface area contributed by atoms with E-state index in [-0.39, 0.29) is 12.5 Å². The molecule has 1 unspecified atom stereocenters. The van der Waals surface area contributed by atoms with Gasteiger partial charge in [0.05, 0.1) is 12.5 Å². The van der Waals surface area contributed by atoms with Gasteiger partial charge in [-0.3, -0.25) is 9.78 Å². The predicted molar refractivity (Wildman–Crippen MR) is 113 cm³/mol. The molecule has 2 aromatic rings. The fourth-order valence-corrected chi connectivity index (χ4v) is 3.05. The molecule has 144 valence electrons. The van der Waals surface area contributed by atoms with Crippen LogP contribution in [0, 0.1) is 5.92 Å². The molecule has 28 heavy (non-hydrogen) atoms. The van der Waals surface area contributed by atoms with Crippen LogP contribution in [0.5, 0.6) is 0 Å². The van der Waals surface area contributed by atoms with Crippen molar-refractivity contribution in [2.45, 2.75) is 6.92 Å². The number of amides is 1. The van der Waals surface area contributed by atoms with Crippen molar-refractivity contribution in [2.75, 3.05) is 25.1 Å². The molecule has 0 saturated carbocycles. The van der Waals surface area contributed by atoms with Crippen molar-refractivity contribution in [3.8, 4) is 0 Å². The summed E-state index contributed by atoms with van der Waals surface area (Å²) in [6.45, 7) is 6.86. The topological polar surface area (TPSA) is 86.5 Å². The van der Waals surface area contributed by atoms with Crippen molar-refractivity contribution in [1.82, 2.24) is 4.98 Å². The van der Waals surface area contributed by atoms with Crippen LogP contribution in [0.2, 0.25) is 0 Å². The maximum Gasteiger partial charge on any atom is 0.312 e. The number of fused-ring (bicyclic) bond motifs is 1. The Morgan fingerprint density at radius 2 is 2.25 bits per heavy atom. The van der Waals surface area contributed by atoms with E-state index < -0.39 is 5.92 Å². The zero-order valence-corrected chi connectivity index (χ0v) is 16.0. The number of rotatable bonds is 6. The van der Waals surface area contributed by atoms with Crippen molar-refractivity contribution in [3.05, 3.63) is 72.2 Å². The van der Waals surface area contributed by atoms with E-state index in [1.165, 1.54) is 0 Å². The van der Waals surface area contributed by atoms with E-state index in [2.05, 4.69) is 16.9 Å². The quantitative estimate of drug-likeness (QED) is 0.756. The largest absolute Gasteiger partial charge is 0.492 e. The van der Waals surface area contributed by atoms with Crippen LogP contribution in [-0.2, 0) is 14.2 Å². The standard InChI is InChI=1S/C21H24BN3O3/c1-3-19-20(27-8-9-28-22-19)10-14(2)18(12-23)21(26)25-17-5-4-16-13-24-7-6-15(16)11-17/h3-7,10-11,13,18,22H,1,8-9,12,23H2,2H3,(H,25,26)/b14-10+. The van der Waals surface area contributed by atoms with E-state index >= 15 is 0 Å². The third-order valence-electron chi connectivity index (χ3n) is 4.67. The number of benzene rings is 1. The summed E-state index contributed by atoms with van der Waals surface area (Å²) in [5, 5.41) is 4.99.